The summed E-state index contributed by atoms with van der Waals surface area (Å²) in [6.45, 7) is 1.81. The molecule has 0 spiro atoms. The minimum absolute atomic E-state index is 0.0440. The van der Waals surface area contributed by atoms with Gasteiger partial charge < -0.3 is 5.73 Å². The first-order chi connectivity index (χ1) is 6.50. The molecule has 2 N–H and O–H groups in total. The highest BCUT2D eigenvalue weighted by molar-refractivity contribution is 9.10. The lowest BCUT2D eigenvalue weighted by Gasteiger charge is -2.07. The molecule has 0 bridgehead atoms. The zero-order valence-corrected chi connectivity index (χ0v) is 9.44. The first-order valence-electron chi connectivity index (χ1n) is 4.39. The molecule has 1 atom stereocenters. The van der Waals surface area contributed by atoms with Gasteiger partial charge in [0.2, 0.25) is 0 Å². The number of hydrogen-bond donors (Lipinski definition) is 1. The Kier molecular flexibility index (Phi) is 4.01. The van der Waals surface area contributed by atoms with Crippen molar-refractivity contribution in [3.05, 3.63) is 33.8 Å². The summed E-state index contributed by atoms with van der Waals surface area (Å²) in [6, 6.07) is 2.48. The maximum Gasteiger partial charge on any atom is 0.130 e. The summed E-state index contributed by atoms with van der Waals surface area (Å²) in [5, 5.41) is 0. The van der Waals surface area contributed by atoms with Gasteiger partial charge in [0.15, 0.2) is 0 Å². The zero-order chi connectivity index (χ0) is 10.7. The molecule has 14 heavy (non-hydrogen) atoms. The molecule has 0 aliphatic carbocycles. The Balaban J connectivity index is 2.86. The molecular formula is C10H12BrF2N. The maximum atomic E-state index is 13.3. The van der Waals surface area contributed by atoms with Crippen molar-refractivity contribution < 1.29 is 8.78 Å². The van der Waals surface area contributed by atoms with Crippen molar-refractivity contribution in [3.8, 4) is 0 Å². The predicted molar refractivity (Wildman–Crippen MR) is 56.0 cm³/mol. The van der Waals surface area contributed by atoms with Crippen LogP contribution < -0.4 is 5.73 Å². The van der Waals surface area contributed by atoms with Gasteiger partial charge in [-0.05, 0) is 31.9 Å². The van der Waals surface area contributed by atoms with Crippen LogP contribution in [-0.4, -0.2) is 6.04 Å². The molecule has 4 heteroatoms. The van der Waals surface area contributed by atoms with Crippen LogP contribution >= 0.6 is 15.9 Å². The third-order valence-corrected chi connectivity index (χ3v) is 2.41. The maximum absolute atomic E-state index is 13.3. The van der Waals surface area contributed by atoms with Gasteiger partial charge in [-0.3, -0.25) is 0 Å². The predicted octanol–water partition coefficient (Wildman–Crippen LogP) is 3.01. The summed E-state index contributed by atoms with van der Waals surface area (Å²) >= 11 is 3.02. The van der Waals surface area contributed by atoms with E-state index in [0.29, 0.717) is 17.3 Å². The van der Waals surface area contributed by atoms with E-state index < -0.39 is 11.6 Å². The van der Waals surface area contributed by atoms with E-state index in [9.17, 15) is 8.78 Å². The van der Waals surface area contributed by atoms with E-state index in [4.69, 9.17) is 5.73 Å². The van der Waals surface area contributed by atoms with Crippen LogP contribution in [0.3, 0.4) is 0 Å². The second kappa shape index (κ2) is 4.84. The topological polar surface area (TPSA) is 26.0 Å². The van der Waals surface area contributed by atoms with Gasteiger partial charge in [-0.2, -0.15) is 0 Å². The average molecular weight is 264 g/mol. The quantitative estimate of drug-likeness (QED) is 0.892. The van der Waals surface area contributed by atoms with Crippen molar-refractivity contribution in [1.29, 1.82) is 0 Å². The standard InChI is InChI=1S/C10H12BrF2N/c1-6(14)2-3-8-9(12)4-7(11)5-10(8)13/h4-6H,2-3,14H2,1H3/t6-/m1/s1. The summed E-state index contributed by atoms with van der Waals surface area (Å²) < 4.78 is 26.9. The van der Waals surface area contributed by atoms with Gasteiger partial charge in [-0.1, -0.05) is 15.9 Å². The molecule has 0 saturated carbocycles. The molecule has 1 rings (SSSR count). The van der Waals surface area contributed by atoms with E-state index in [0.717, 1.165) is 0 Å². The SMILES string of the molecule is C[C@@H](N)CCc1c(F)cc(Br)cc1F. The summed E-state index contributed by atoms with van der Waals surface area (Å²) in [7, 11) is 0. The van der Waals surface area contributed by atoms with Crippen molar-refractivity contribution >= 4 is 15.9 Å². The fourth-order valence-electron chi connectivity index (χ4n) is 1.18. The third kappa shape index (κ3) is 3.03. The summed E-state index contributed by atoms with van der Waals surface area (Å²) in [6.07, 6.45) is 0.915. The smallest absolute Gasteiger partial charge is 0.130 e. The Bertz CT molecular complexity index is 303. The highest BCUT2D eigenvalue weighted by Crippen LogP contribution is 2.20. The highest BCUT2D eigenvalue weighted by atomic mass is 79.9. The first-order valence-corrected chi connectivity index (χ1v) is 5.19. The lowest BCUT2D eigenvalue weighted by Crippen LogP contribution is -2.16. The van der Waals surface area contributed by atoms with Crippen molar-refractivity contribution in [2.24, 2.45) is 5.73 Å². The molecule has 0 fully saturated rings. The van der Waals surface area contributed by atoms with E-state index in [1.54, 1.807) is 0 Å². The fourth-order valence-corrected chi connectivity index (χ4v) is 1.58. The summed E-state index contributed by atoms with van der Waals surface area (Å²) in [5.41, 5.74) is 5.63. The molecule has 0 amide bonds. The van der Waals surface area contributed by atoms with Crippen LogP contribution in [0.5, 0.6) is 0 Å². The number of halogens is 3. The minimum atomic E-state index is -0.516. The molecule has 1 aromatic rings. The number of hydrogen-bond acceptors (Lipinski definition) is 1. The molecule has 0 aromatic heterocycles. The van der Waals surface area contributed by atoms with Crippen LogP contribution in [0, 0.1) is 11.6 Å². The van der Waals surface area contributed by atoms with Crippen molar-refractivity contribution in [3.63, 3.8) is 0 Å². The van der Waals surface area contributed by atoms with Crippen molar-refractivity contribution in [2.45, 2.75) is 25.8 Å². The van der Waals surface area contributed by atoms with Crippen LogP contribution in [0.25, 0.3) is 0 Å². The molecule has 0 aliphatic rings. The van der Waals surface area contributed by atoms with Crippen molar-refractivity contribution in [2.75, 3.05) is 0 Å². The minimum Gasteiger partial charge on any atom is -0.328 e. The molecule has 0 heterocycles. The molecule has 0 saturated heterocycles. The van der Waals surface area contributed by atoms with Gasteiger partial charge in [-0.25, -0.2) is 8.78 Å². The number of rotatable bonds is 3. The lowest BCUT2D eigenvalue weighted by molar-refractivity contribution is 0.539. The fraction of sp³-hybridized carbons (Fsp3) is 0.400. The van der Waals surface area contributed by atoms with Gasteiger partial charge in [0.1, 0.15) is 11.6 Å². The molecule has 0 unspecified atom stereocenters. The van der Waals surface area contributed by atoms with E-state index in [2.05, 4.69) is 15.9 Å². The third-order valence-electron chi connectivity index (χ3n) is 1.96. The average Bonchev–Trinajstić information content (AvgIpc) is 2.01. The molecular weight excluding hydrogens is 252 g/mol. The molecule has 1 aromatic carbocycles. The van der Waals surface area contributed by atoms with Gasteiger partial charge >= 0.3 is 0 Å². The van der Waals surface area contributed by atoms with Gasteiger partial charge in [0.25, 0.3) is 0 Å². The number of benzene rings is 1. The monoisotopic (exact) mass is 263 g/mol. The second-order valence-corrected chi connectivity index (χ2v) is 4.28. The molecule has 0 radical (unpaired) electrons. The summed E-state index contributed by atoms with van der Waals surface area (Å²) in [4.78, 5) is 0. The van der Waals surface area contributed by atoms with E-state index in [1.807, 2.05) is 6.92 Å². The Morgan fingerprint density at radius 1 is 1.36 bits per heavy atom. The number of nitrogens with two attached hydrogens (primary N) is 1. The largest absolute Gasteiger partial charge is 0.328 e. The van der Waals surface area contributed by atoms with E-state index >= 15 is 0 Å². The first kappa shape index (κ1) is 11.6. The normalized spacial score (nSPS) is 12.9. The molecule has 78 valence electrons. The Morgan fingerprint density at radius 3 is 2.29 bits per heavy atom. The van der Waals surface area contributed by atoms with Crippen LogP contribution in [0.15, 0.2) is 16.6 Å². The summed E-state index contributed by atoms with van der Waals surface area (Å²) in [5.74, 6) is -1.03. The van der Waals surface area contributed by atoms with Crippen LogP contribution in [-0.2, 0) is 6.42 Å². The van der Waals surface area contributed by atoms with E-state index in [1.165, 1.54) is 12.1 Å². The Morgan fingerprint density at radius 2 is 1.86 bits per heavy atom. The molecule has 0 aliphatic heterocycles. The van der Waals surface area contributed by atoms with E-state index in [-0.39, 0.29) is 11.6 Å². The van der Waals surface area contributed by atoms with Crippen LogP contribution in [0.2, 0.25) is 0 Å². The molecule has 1 nitrogen and oxygen atoms in total. The zero-order valence-electron chi connectivity index (χ0n) is 7.86. The highest BCUT2D eigenvalue weighted by Gasteiger charge is 2.10. The van der Waals surface area contributed by atoms with Gasteiger partial charge in [-0.15, -0.1) is 0 Å². The van der Waals surface area contributed by atoms with Crippen LogP contribution in [0.1, 0.15) is 18.9 Å². The second-order valence-electron chi connectivity index (χ2n) is 3.36. The Labute approximate surface area is 90.4 Å². The van der Waals surface area contributed by atoms with Crippen LogP contribution in [0.4, 0.5) is 8.78 Å². The van der Waals surface area contributed by atoms with Crippen molar-refractivity contribution in [1.82, 2.24) is 0 Å². The van der Waals surface area contributed by atoms with Gasteiger partial charge in [0, 0.05) is 16.1 Å². The lowest BCUT2D eigenvalue weighted by atomic mass is 10.1. The Hall–Kier alpha value is -0.480. The van der Waals surface area contributed by atoms with Gasteiger partial charge in [0.05, 0.1) is 0 Å².